The van der Waals surface area contributed by atoms with Crippen molar-refractivity contribution in [2.24, 2.45) is 0 Å². The van der Waals surface area contributed by atoms with Gasteiger partial charge >= 0.3 is 0 Å². The monoisotopic (exact) mass is 290 g/mol. The van der Waals surface area contributed by atoms with Crippen LogP contribution < -0.4 is 0 Å². The first-order chi connectivity index (χ1) is 10.6. The van der Waals surface area contributed by atoms with Crippen LogP contribution in [0.5, 0.6) is 0 Å². The van der Waals surface area contributed by atoms with E-state index in [-0.39, 0.29) is 0 Å². The zero-order chi connectivity index (χ0) is 15.6. The van der Waals surface area contributed by atoms with Crippen LogP contribution in [0.25, 0.3) is 0 Å². The van der Waals surface area contributed by atoms with Crippen molar-refractivity contribution >= 4 is 0 Å². The maximum atomic E-state index is 11.5. The number of rotatable bonds is 3. The van der Waals surface area contributed by atoms with E-state index in [0.29, 0.717) is 5.82 Å². The lowest BCUT2D eigenvalue weighted by Gasteiger charge is -2.28. The molecule has 1 N–H and O–H groups in total. The molecule has 1 heterocycles. The third-order valence-corrected chi connectivity index (χ3v) is 3.69. The zero-order valence-corrected chi connectivity index (χ0v) is 12.7. The Morgan fingerprint density at radius 1 is 0.727 bits per heavy atom. The van der Waals surface area contributed by atoms with Crippen LogP contribution in [0.15, 0.2) is 66.7 Å². The summed E-state index contributed by atoms with van der Waals surface area (Å²) in [5.74, 6) is 0.405. The summed E-state index contributed by atoms with van der Waals surface area (Å²) in [6.07, 6.45) is 0. The summed E-state index contributed by atoms with van der Waals surface area (Å²) < 4.78 is 0. The molecule has 1 aromatic heterocycles. The summed E-state index contributed by atoms with van der Waals surface area (Å²) in [4.78, 5) is 9.00. The second-order valence-corrected chi connectivity index (χ2v) is 5.42. The van der Waals surface area contributed by atoms with Crippen LogP contribution in [0.3, 0.4) is 0 Å². The molecule has 110 valence electrons. The third kappa shape index (κ3) is 2.51. The predicted molar refractivity (Wildman–Crippen MR) is 86.5 cm³/mol. The molecule has 0 aliphatic heterocycles. The Labute approximate surface area is 130 Å². The van der Waals surface area contributed by atoms with Gasteiger partial charge in [0.25, 0.3) is 0 Å². The second-order valence-electron chi connectivity index (χ2n) is 5.42. The van der Waals surface area contributed by atoms with Crippen LogP contribution in [0.4, 0.5) is 0 Å². The fourth-order valence-electron chi connectivity index (χ4n) is 2.67. The normalized spacial score (nSPS) is 11.4. The molecule has 0 saturated heterocycles. The number of aliphatic hydroxyl groups is 1. The highest BCUT2D eigenvalue weighted by Gasteiger charge is 2.36. The standard InChI is InChI=1S/C19H18N2O/c1-14-13-15(2)21-18(20-14)19(22,16-9-5-3-6-10-16)17-11-7-4-8-12-17/h3-13,22H,1-2H3. The molecule has 0 spiro atoms. The van der Waals surface area contributed by atoms with Gasteiger partial charge in [0.15, 0.2) is 11.4 Å². The highest BCUT2D eigenvalue weighted by Crippen LogP contribution is 2.34. The van der Waals surface area contributed by atoms with Crippen molar-refractivity contribution in [1.82, 2.24) is 9.97 Å². The van der Waals surface area contributed by atoms with E-state index >= 15 is 0 Å². The van der Waals surface area contributed by atoms with Gasteiger partial charge in [-0.05, 0) is 31.0 Å². The van der Waals surface area contributed by atoms with Crippen LogP contribution in [-0.4, -0.2) is 15.1 Å². The fourth-order valence-corrected chi connectivity index (χ4v) is 2.67. The minimum absolute atomic E-state index is 0.405. The molecule has 0 radical (unpaired) electrons. The first-order valence-corrected chi connectivity index (χ1v) is 7.27. The van der Waals surface area contributed by atoms with E-state index in [9.17, 15) is 5.11 Å². The largest absolute Gasteiger partial charge is 0.373 e. The van der Waals surface area contributed by atoms with Crippen LogP contribution >= 0.6 is 0 Å². The van der Waals surface area contributed by atoms with Gasteiger partial charge in [0.2, 0.25) is 0 Å². The number of benzene rings is 2. The lowest BCUT2D eigenvalue weighted by atomic mass is 9.85. The van der Waals surface area contributed by atoms with Crippen LogP contribution in [0.1, 0.15) is 28.3 Å². The lowest BCUT2D eigenvalue weighted by Crippen LogP contribution is -2.31. The van der Waals surface area contributed by atoms with Gasteiger partial charge in [0.1, 0.15) is 0 Å². The minimum atomic E-state index is -1.36. The molecule has 0 aliphatic carbocycles. The van der Waals surface area contributed by atoms with Crippen LogP contribution in [-0.2, 0) is 5.60 Å². The molecule has 0 bridgehead atoms. The molecule has 0 unspecified atom stereocenters. The van der Waals surface area contributed by atoms with Gasteiger partial charge in [-0.3, -0.25) is 0 Å². The van der Waals surface area contributed by atoms with Crippen molar-refractivity contribution in [3.05, 3.63) is 95.1 Å². The minimum Gasteiger partial charge on any atom is -0.373 e. The van der Waals surface area contributed by atoms with E-state index < -0.39 is 5.60 Å². The number of hydrogen-bond donors (Lipinski definition) is 1. The van der Waals surface area contributed by atoms with Gasteiger partial charge in [-0.15, -0.1) is 0 Å². The molecule has 0 fully saturated rings. The van der Waals surface area contributed by atoms with Gasteiger partial charge in [0.05, 0.1) is 0 Å². The summed E-state index contributed by atoms with van der Waals surface area (Å²) in [6.45, 7) is 3.82. The summed E-state index contributed by atoms with van der Waals surface area (Å²) in [5.41, 5.74) is 1.83. The second kappa shape index (κ2) is 5.70. The Balaban J connectivity index is 2.28. The van der Waals surface area contributed by atoms with E-state index in [2.05, 4.69) is 9.97 Å². The van der Waals surface area contributed by atoms with E-state index in [4.69, 9.17) is 0 Å². The molecule has 0 aliphatic rings. The lowest BCUT2D eigenvalue weighted by molar-refractivity contribution is 0.115. The first kappa shape index (κ1) is 14.4. The maximum Gasteiger partial charge on any atom is 0.174 e. The Morgan fingerprint density at radius 2 is 1.14 bits per heavy atom. The fraction of sp³-hybridized carbons (Fsp3) is 0.158. The highest BCUT2D eigenvalue weighted by molar-refractivity contribution is 5.42. The SMILES string of the molecule is Cc1cc(C)nc(C(O)(c2ccccc2)c2ccccc2)n1. The molecule has 0 saturated carbocycles. The van der Waals surface area contributed by atoms with Crippen molar-refractivity contribution in [3.63, 3.8) is 0 Å². The molecular weight excluding hydrogens is 272 g/mol. The average Bonchev–Trinajstić information content (AvgIpc) is 2.55. The summed E-state index contributed by atoms with van der Waals surface area (Å²) in [5, 5.41) is 11.5. The molecule has 2 aromatic carbocycles. The van der Waals surface area contributed by atoms with E-state index in [1.165, 1.54) is 0 Å². The summed E-state index contributed by atoms with van der Waals surface area (Å²) in [6, 6.07) is 21.0. The van der Waals surface area contributed by atoms with E-state index in [1.807, 2.05) is 80.6 Å². The van der Waals surface area contributed by atoms with Crippen LogP contribution in [0, 0.1) is 13.8 Å². The molecule has 3 nitrogen and oxygen atoms in total. The molecule has 3 heteroatoms. The number of aryl methyl sites for hydroxylation is 2. The van der Waals surface area contributed by atoms with Gasteiger partial charge in [-0.2, -0.15) is 0 Å². The molecule has 0 atom stereocenters. The van der Waals surface area contributed by atoms with Gasteiger partial charge in [-0.25, -0.2) is 9.97 Å². The third-order valence-electron chi connectivity index (χ3n) is 3.69. The smallest absolute Gasteiger partial charge is 0.174 e. The van der Waals surface area contributed by atoms with Gasteiger partial charge in [-0.1, -0.05) is 60.7 Å². The first-order valence-electron chi connectivity index (χ1n) is 7.27. The van der Waals surface area contributed by atoms with Crippen molar-refractivity contribution in [3.8, 4) is 0 Å². The predicted octanol–water partition coefficient (Wildman–Crippen LogP) is 3.38. The quantitative estimate of drug-likeness (QED) is 0.804. The maximum absolute atomic E-state index is 11.5. The Morgan fingerprint density at radius 3 is 1.55 bits per heavy atom. The number of aromatic nitrogens is 2. The van der Waals surface area contributed by atoms with Crippen molar-refractivity contribution in [1.29, 1.82) is 0 Å². The number of hydrogen-bond acceptors (Lipinski definition) is 3. The summed E-state index contributed by atoms with van der Waals surface area (Å²) in [7, 11) is 0. The van der Waals surface area contributed by atoms with Gasteiger partial charge in [0, 0.05) is 11.4 Å². The molecular formula is C19H18N2O. The molecule has 0 amide bonds. The van der Waals surface area contributed by atoms with Crippen molar-refractivity contribution in [2.45, 2.75) is 19.4 Å². The Bertz CT molecular complexity index is 710. The van der Waals surface area contributed by atoms with Crippen molar-refractivity contribution < 1.29 is 5.11 Å². The zero-order valence-electron chi connectivity index (χ0n) is 12.7. The topological polar surface area (TPSA) is 46.0 Å². The van der Waals surface area contributed by atoms with Crippen LogP contribution in [0.2, 0.25) is 0 Å². The Kier molecular flexibility index (Phi) is 3.73. The summed E-state index contributed by atoms with van der Waals surface area (Å²) >= 11 is 0. The highest BCUT2D eigenvalue weighted by atomic mass is 16.3. The molecule has 3 rings (SSSR count). The van der Waals surface area contributed by atoms with E-state index in [0.717, 1.165) is 22.5 Å². The Hall–Kier alpha value is -2.52. The molecule has 3 aromatic rings. The average molecular weight is 290 g/mol. The van der Waals surface area contributed by atoms with Gasteiger partial charge < -0.3 is 5.11 Å². The molecule has 22 heavy (non-hydrogen) atoms. The van der Waals surface area contributed by atoms with E-state index in [1.54, 1.807) is 0 Å². The number of nitrogens with zero attached hydrogens (tertiary/aromatic N) is 2. The van der Waals surface area contributed by atoms with Crippen molar-refractivity contribution in [2.75, 3.05) is 0 Å².